The lowest BCUT2D eigenvalue weighted by molar-refractivity contribution is 0.0523. The van der Waals surface area contributed by atoms with Gasteiger partial charge in [-0.3, -0.25) is 0 Å². The highest BCUT2D eigenvalue weighted by molar-refractivity contribution is 7.13. The van der Waals surface area contributed by atoms with Crippen LogP contribution in [0.4, 0.5) is 10.5 Å². The summed E-state index contributed by atoms with van der Waals surface area (Å²) < 4.78 is 11.9. The van der Waals surface area contributed by atoms with E-state index in [1.54, 1.807) is 11.3 Å². The number of rotatable bonds is 11. The van der Waals surface area contributed by atoms with Crippen molar-refractivity contribution in [3.8, 4) is 10.4 Å². The third-order valence-electron chi connectivity index (χ3n) is 7.27. The van der Waals surface area contributed by atoms with Gasteiger partial charge < -0.3 is 19.4 Å². The monoisotopic (exact) mass is 545 g/mol. The van der Waals surface area contributed by atoms with Crippen molar-refractivity contribution in [1.82, 2.24) is 10.3 Å². The Hall–Kier alpha value is -1.90. The molecule has 1 saturated carbocycles. The van der Waals surface area contributed by atoms with Crippen LogP contribution in [-0.4, -0.2) is 44.2 Å². The van der Waals surface area contributed by atoms with Gasteiger partial charge in [0.05, 0.1) is 16.1 Å². The Morgan fingerprint density at radius 3 is 2.43 bits per heavy atom. The number of aryl methyl sites for hydroxylation is 1. The van der Waals surface area contributed by atoms with Gasteiger partial charge in [-0.1, -0.05) is 32.9 Å². The van der Waals surface area contributed by atoms with Crippen molar-refractivity contribution in [2.75, 3.05) is 18.1 Å². The smallest absolute Gasteiger partial charge is 0.407 e. The Morgan fingerprint density at radius 2 is 1.86 bits per heavy atom. The highest BCUT2D eigenvalue weighted by Gasteiger charge is 2.37. The molecule has 0 radical (unpaired) electrons. The lowest BCUT2D eigenvalue weighted by Gasteiger charge is -2.36. The number of alkyl carbamates (subject to hydrolysis) is 1. The zero-order valence-corrected chi connectivity index (χ0v) is 26.2. The summed E-state index contributed by atoms with van der Waals surface area (Å²) in [6, 6.07) is 7.14. The summed E-state index contributed by atoms with van der Waals surface area (Å²) in [7, 11) is -1.72. The summed E-state index contributed by atoms with van der Waals surface area (Å²) >= 11 is 1.67. The summed E-state index contributed by atoms with van der Waals surface area (Å²) in [5.41, 5.74) is 5.94. The predicted octanol–water partition coefficient (Wildman–Crippen LogP) is 7.91. The summed E-state index contributed by atoms with van der Waals surface area (Å²) in [4.78, 5) is 20.6. The molecule has 1 N–H and O–H groups in total. The molecule has 37 heavy (non-hydrogen) atoms. The molecular weight excluding hydrogens is 498 g/mol. The third kappa shape index (κ3) is 8.55. The maximum Gasteiger partial charge on any atom is 0.407 e. The Kier molecular flexibility index (Phi) is 9.51. The van der Waals surface area contributed by atoms with E-state index in [4.69, 9.17) is 9.16 Å². The van der Waals surface area contributed by atoms with Gasteiger partial charge in [-0.25, -0.2) is 9.78 Å². The second kappa shape index (κ2) is 11.9. The van der Waals surface area contributed by atoms with E-state index in [0.717, 1.165) is 37.3 Å². The number of unbranched alkanes of at least 4 members (excludes halogenated alkanes) is 1. The van der Waals surface area contributed by atoms with Crippen LogP contribution in [0.15, 0.2) is 23.7 Å². The van der Waals surface area contributed by atoms with E-state index in [-0.39, 0.29) is 11.1 Å². The average Bonchev–Trinajstić information content (AvgIpc) is 3.52. The minimum atomic E-state index is -1.72. The Balaban J connectivity index is 1.75. The maximum atomic E-state index is 12.4. The standard InChI is InChI=1S/C29H47N3O3SSi/c1-21-26(36-20-31-21)22-12-13-23(19-30-27(33)35-28(2,3)4)25(18-22)32(24-14-15-24)16-10-11-17-34-37(8,9)29(5,6)7/h12-13,18,20,24H,10-11,14-17,19H2,1-9H3,(H,30,33). The molecule has 1 aromatic carbocycles. The molecule has 0 spiro atoms. The van der Waals surface area contributed by atoms with E-state index in [9.17, 15) is 4.79 Å². The SMILES string of the molecule is Cc1ncsc1-c1ccc(CNC(=O)OC(C)(C)C)c(N(CCCCO[Si](C)(C)C(C)(C)C)C2CC2)c1. The fraction of sp³-hybridized carbons (Fsp3) is 0.655. The number of aromatic nitrogens is 1. The Labute approximate surface area is 229 Å². The number of carbonyl (C=O) groups excluding carboxylic acids is 1. The Morgan fingerprint density at radius 1 is 1.16 bits per heavy atom. The molecular formula is C29H47N3O3SSi. The molecule has 0 aliphatic heterocycles. The highest BCUT2D eigenvalue weighted by atomic mass is 32.1. The van der Waals surface area contributed by atoms with Gasteiger partial charge in [0.25, 0.3) is 0 Å². The van der Waals surface area contributed by atoms with E-state index < -0.39 is 13.9 Å². The van der Waals surface area contributed by atoms with Gasteiger partial charge in [-0.05, 0) is 88.7 Å². The number of nitrogens with one attached hydrogen (secondary N) is 1. The third-order valence-corrected chi connectivity index (χ3v) is 12.8. The molecule has 1 aliphatic carbocycles. The molecule has 1 aromatic heterocycles. The first-order chi connectivity index (χ1) is 17.2. The first kappa shape index (κ1) is 29.6. The number of amides is 1. The lowest BCUT2D eigenvalue weighted by atomic mass is 10.0. The highest BCUT2D eigenvalue weighted by Crippen LogP contribution is 2.39. The number of hydrogen-bond acceptors (Lipinski definition) is 6. The van der Waals surface area contributed by atoms with E-state index >= 15 is 0 Å². The van der Waals surface area contributed by atoms with Gasteiger partial charge in [0.2, 0.25) is 0 Å². The molecule has 0 saturated heterocycles. The number of thiazole rings is 1. The zero-order chi connectivity index (χ0) is 27.4. The van der Waals surface area contributed by atoms with Crippen LogP contribution >= 0.6 is 11.3 Å². The fourth-order valence-electron chi connectivity index (χ4n) is 4.00. The normalized spacial score (nSPS) is 14.5. The minimum absolute atomic E-state index is 0.234. The van der Waals surface area contributed by atoms with E-state index in [1.807, 2.05) is 26.3 Å². The van der Waals surface area contributed by atoms with Gasteiger partial charge >= 0.3 is 6.09 Å². The van der Waals surface area contributed by atoms with Crippen molar-refractivity contribution in [2.45, 2.75) is 110 Å². The number of ether oxygens (including phenoxy) is 1. The summed E-state index contributed by atoms with van der Waals surface area (Å²) in [6.45, 7) is 21.5. The van der Waals surface area contributed by atoms with Crippen molar-refractivity contribution in [2.24, 2.45) is 0 Å². The maximum absolute atomic E-state index is 12.4. The molecule has 206 valence electrons. The number of anilines is 1. The first-order valence-electron chi connectivity index (χ1n) is 13.6. The zero-order valence-electron chi connectivity index (χ0n) is 24.4. The van der Waals surface area contributed by atoms with Crippen molar-refractivity contribution < 1.29 is 14.0 Å². The first-order valence-corrected chi connectivity index (χ1v) is 17.4. The van der Waals surface area contributed by atoms with Gasteiger partial charge in [-0.15, -0.1) is 11.3 Å². The number of nitrogens with zero attached hydrogens (tertiary/aromatic N) is 2. The van der Waals surface area contributed by atoms with E-state index in [2.05, 4.69) is 74.2 Å². The van der Waals surface area contributed by atoms with Crippen LogP contribution in [0.25, 0.3) is 10.4 Å². The summed E-state index contributed by atoms with van der Waals surface area (Å²) in [5, 5.41) is 3.20. The molecule has 0 unspecified atom stereocenters. The van der Waals surface area contributed by atoms with Crippen molar-refractivity contribution >= 4 is 31.4 Å². The van der Waals surface area contributed by atoms with Crippen LogP contribution in [-0.2, 0) is 15.7 Å². The second-order valence-electron chi connectivity index (χ2n) is 12.7. The van der Waals surface area contributed by atoms with Crippen LogP contribution in [0, 0.1) is 6.92 Å². The van der Waals surface area contributed by atoms with Crippen LogP contribution < -0.4 is 10.2 Å². The Bertz CT molecular complexity index is 1050. The van der Waals surface area contributed by atoms with Gasteiger partial charge in [0.1, 0.15) is 5.60 Å². The molecule has 3 rings (SSSR count). The van der Waals surface area contributed by atoms with Gasteiger partial charge in [-0.2, -0.15) is 0 Å². The van der Waals surface area contributed by atoms with E-state index in [0.29, 0.717) is 12.6 Å². The van der Waals surface area contributed by atoms with Crippen molar-refractivity contribution in [1.29, 1.82) is 0 Å². The average molecular weight is 546 g/mol. The number of carbonyl (C=O) groups is 1. The molecule has 1 heterocycles. The van der Waals surface area contributed by atoms with Gasteiger partial charge in [0.15, 0.2) is 8.32 Å². The molecule has 1 amide bonds. The molecule has 6 nitrogen and oxygen atoms in total. The minimum Gasteiger partial charge on any atom is -0.444 e. The summed E-state index contributed by atoms with van der Waals surface area (Å²) in [5.74, 6) is 0. The quantitative estimate of drug-likeness (QED) is 0.230. The fourth-order valence-corrected chi connectivity index (χ4v) is 5.89. The van der Waals surface area contributed by atoms with Crippen LogP contribution in [0.1, 0.15) is 78.5 Å². The van der Waals surface area contributed by atoms with Crippen LogP contribution in [0.3, 0.4) is 0 Å². The largest absolute Gasteiger partial charge is 0.444 e. The molecule has 8 heteroatoms. The topological polar surface area (TPSA) is 63.7 Å². The predicted molar refractivity (Wildman–Crippen MR) is 158 cm³/mol. The molecule has 0 bridgehead atoms. The molecule has 0 atom stereocenters. The molecule has 1 fully saturated rings. The second-order valence-corrected chi connectivity index (χ2v) is 18.4. The van der Waals surface area contributed by atoms with Gasteiger partial charge in [0, 0.05) is 31.4 Å². The van der Waals surface area contributed by atoms with Crippen molar-refractivity contribution in [3.63, 3.8) is 0 Å². The van der Waals surface area contributed by atoms with Crippen LogP contribution in [0.2, 0.25) is 18.1 Å². The number of benzene rings is 1. The summed E-state index contributed by atoms with van der Waals surface area (Å²) in [6.07, 6.45) is 4.16. The van der Waals surface area contributed by atoms with E-state index in [1.165, 1.54) is 29.0 Å². The molecule has 2 aromatic rings. The molecule has 1 aliphatic rings. The van der Waals surface area contributed by atoms with Crippen molar-refractivity contribution in [3.05, 3.63) is 35.0 Å². The number of hydrogen-bond donors (Lipinski definition) is 1. The van der Waals surface area contributed by atoms with Crippen LogP contribution in [0.5, 0.6) is 0 Å². The lowest BCUT2D eigenvalue weighted by Crippen LogP contribution is -2.41.